The fraction of sp³-hybridized carbons (Fsp3) is 0.750. The summed E-state index contributed by atoms with van der Waals surface area (Å²) in [5.41, 5.74) is 0. The number of piperidine rings is 1. The smallest absolute Gasteiger partial charge is 0.418 e. The third-order valence-electron chi connectivity index (χ3n) is 4.65. The molecule has 132 valence electrons. The predicted octanol–water partition coefficient (Wildman–Crippen LogP) is -0.178. The van der Waals surface area contributed by atoms with Crippen molar-refractivity contribution in [1.82, 2.24) is 25.5 Å². The largest absolute Gasteiger partial charge is 0.423 e. The molecule has 4 rings (SSSR count). The first-order valence-corrected chi connectivity index (χ1v) is 9.10. The summed E-state index contributed by atoms with van der Waals surface area (Å²) in [6.45, 7) is 1.97. The van der Waals surface area contributed by atoms with Crippen LogP contribution in [0.2, 0.25) is 0 Å². The maximum Gasteiger partial charge on any atom is 0.418 e. The van der Waals surface area contributed by atoms with Crippen molar-refractivity contribution in [3.05, 3.63) is 11.8 Å². The first kappa shape index (κ1) is 15.7. The van der Waals surface area contributed by atoms with Crippen LogP contribution >= 0.6 is 0 Å². The lowest BCUT2D eigenvalue weighted by molar-refractivity contribution is -0.0317. The summed E-state index contributed by atoms with van der Waals surface area (Å²) in [5.74, 6) is 1.07. The molecule has 1 aromatic rings. The molecule has 3 atom stereocenters. The number of carbonyl (C=O) groups excluding carboxylic acids is 1. The van der Waals surface area contributed by atoms with E-state index in [0.717, 1.165) is 19.5 Å². The Morgan fingerprint density at radius 2 is 2.04 bits per heavy atom. The van der Waals surface area contributed by atoms with Crippen molar-refractivity contribution >= 4 is 16.4 Å². The van der Waals surface area contributed by atoms with E-state index in [9.17, 15) is 13.2 Å². The van der Waals surface area contributed by atoms with Crippen LogP contribution in [0.1, 0.15) is 43.0 Å². The van der Waals surface area contributed by atoms with Crippen LogP contribution in [-0.2, 0) is 14.7 Å². The lowest BCUT2D eigenvalue weighted by atomic mass is 10.0. The maximum atomic E-state index is 12.4. The zero-order chi connectivity index (χ0) is 16.9. The number of nitrogens with zero attached hydrogens (tertiary/aromatic N) is 4. The van der Waals surface area contributed by atoms with E-state index in [1.807, 2.05) is 0 Å². The van der Waals surface area contributed by atoms with Gasteiger partial charge in [-0.1, -0.05) is 0 Å². The molecule has 24 heavy (non-hydrogen) atoms. The average Bonchev–Trinajstić information content (AvgIpc) is 3.24. The second-order valence-electron chi connectivity index (χ2n) is 6.18. The van der Waals surface area contributed by atoms with Crippen LogP contribution in [0.5, 0.6) is 0 Å². The molecule has 3 fully saturated rings. The van der Waals surface area contributed by atoms with Crippen LogP contribution in [-0.4, -0.2) is 64.8 Å². The molecule has 3 aliphatic rings. The summed E-state index contributed by atoms with van der Waals surface area (Å²) in [5, 5.41) is 12.1. The number of rotatable bonds is 4. The molecule has 1 unspecified atom stereocenters. The van der Waals surface area contributed by atoms with Crippen LogP contribution in [0, 0.1) is 0 Å². The van der Waals surface area contributed by atoms with Crippen molar-refractivity contribution in [2.45, 2.75) is 37.3 Å². The number of fused-ring (bicyclic) bond motifs is 2. The fourth-order valence-electron chi connectivity index (χ4n) is 3.50. The minimum atomic E-state index is -4.75. The number of aromatic nitrogens is 2. The predicted molar refractivity (Wildman–Crippen MR) is 76.9 cm³/mol. The van der Waals surface area contributed by atoms with Gasteiger partial charge in [0.1, 0.15) is 6.04 Å². The van der Waals surface area contributed by atoms with Crippen LogP contribution < -0.4 is 5.32 Å². The van der Waals surface area contributed by atoms with Gasteiger partial charge < -0.3 is 14.6 Å². The van der Waals surface area contributed by atoms with Crippen molar-refractivity contribution in [2.24, 2.45) is 0 Å². The van der Waals surface area contributed by atoms with Gasteiger partial charge in [0, 0.05) is 13.1 Å². The standard InChI is InChI=1S/C12H17N5O6S/c18-12-16-6-8(17(12)23-24(19,20)21)1-2-9(16)11-15-14-10(22-11)7-3-4-13-5-7/h7-9,13H,1-6H2,(H,19,20,21)/t7?,8-,9+/m1/s1. The summed E-state index contributed by atoms with van der Waals surface area (Å²) in [4.78, 5) is 13.8. The molecule has 3 saturated heterocycles. The number of urea groups is 1. The molecule has 2 amide bonds. The SMILES string of the molecule is O=C1N2C[C@@H](CC[C@H]2c2nnc(C3CCNC3)o2)N1OS(=O)(=O)O. The Kier molecular flexibility index (Phi) is 3.71. The molecular weight excluding hydrogens is 342 g/mol. The Morgan fingerprint density at radius 3 is 2.75 bits per heavy atom. The monoisotopic (exact) mass is 359 g/mol. The Morgan fingerprint density at radius 1 is 1.25 bits per heavy atom. The highest BCUT2D eigenvalue weighted by atomic mass is 32.3. The molecule has 0 aromatic carbocycles. The molecule has 2 bridgehead atoms. The van der Waals surface area contributed by atoms with Crippen molar-refractivity contribution in [3.8, 4) is 0 Å². The highest BCUT2D eigenvalue weighted by Crippen LogP contribution is 2.38. The number of hydroxylamine groups is 2. The molecule has 1 aromatic heterocycles. The molecule has 0 radical (unpaired) electrons. The van der Waals surface area contributed by atoms with E-state index in [4.69, 9.17) is 8.97 Å². The quantitative estimate of drug-likeness (QED) is 0.701. The zero-order valence-electron chi connectivity index (χ0n) is 12.7. The van der Waals surface area contributed by atoms with Gasteiger partial charge in [0.25, 0.3) is 0 Å². The Bertz CT molecular complexity index is 745. The average molecular weight is 359 g/mol. The zero-order valence-corrected chi connectivity index (χ0v) is 13.5. The van der Waals surface area contributed by atoms with Crippen LogP contribution in [0.15, 0.2) is 4.42 Å². The lowest BCUT2D eigenvalue weighted by Crippen LogP contribution is -2.35. The van der Waals surface area contributed by atoms with Gasteiger partial charge in [-0.15, -0.1) is 14.5 Å². The second-order valence-corrected chi connectivity index (χ2v) is 7.18. The number of nitrogens with one attached hydrogen (secondary N) is 1. The molecule has 0 saturated carbocycles. The maximum absolute atomic E-state index is 12.4. The molecule has 0 spiro atoms. The summed E-state index contributed by atoms with van der Waals surface area (Å²) in [6, 6.07) is -1.49. The van der Waals surface area contributed by atoms with E-state index in [-0.39, 0.29) is 12.5 Å². The topological polar surface area (TPSA) is 138 Å². The van der Waals surface area contributed by atoms with E-state index in [0.29, 0.717) is 29.7 Å². The Balaban J connectivity index is 1.53. The molecule has 2 N–H and O–H groups in total. The third kappa shape index (κ3) is 2.75. The molecular formula is C12H17N5O6S. The van der Waals surface area contributed by atoms with Crippen molar-refractivity contribution in [1.29, 1.82) is 0 Å². The summed E-state index contributed by atoms with van der Waals surface area (Å²) in [6.07, 6.45) is 1.98. The summed E-state index contributed by atoms with van der Waals surface area (Å²) >= 11 is 0. The lowest BCUT2D eigenvalue weighted by Gasteiger charge is -2.27. The molecule has 4 heterocycles. The van der Waals surface area contributed by atoms with Gasteiger partial charge in [-0.25, -0.2) is 4.79 Å². The number of hydrogen-bond donors (Lipinski definition) is 2. The first-order chi connectivity index (χ1) is 11.4. The molecule has 12 heteroatoms. The van der Waals surface area contributed by atoms with E-state index in [2.05, 4.69) is 19.8 Å². The van der Waals surface area contributed by atoms with Crippen molar-refractivity contribution in [2.75, 3.05) is 19.6 Å². The van der Waals surface area contributed by atoms with Gasteiger partial charge in [0.15, 0.2) is 0 Å². The van der Waals surface area contributed by atoms with E-state index in [1.54, 1.807) is 0 Å². The van der Waals surface area contributed by atoms with Crippen molar-refractivity contribution in [3.63, 3.8) is 0 Å². The second kappa shape index (κ2) is 5.65. The molecule has 11 nitrogen and oxygen atoms in total. The third-order valence-corrected chi connectivity index (χ3v) is 5.00. The van der Waals surface area contributed by atoms with Gasteiger partial charge in [-0.2, -0.15) is 13.5 Å². The Labute approximate surface area is 137 Å². The van der Waals surface area contributed by atoms with E-state index in [1.165, 1.54) is 4.90 Å². The minimum absolute atomic E-state index is 0.177. The summed E-state index contributed by atoms with van der Waals surface area (Å²) < 4.78 is 40.8. The molecule has 0 aliphatic carbocycles. The number of hydrogen-bond acceptors (Lipinski definition) is 8. The van der Waals surface area contributed by atoms with Crippen molar-refractivity contribution < 1.29 is 26.5 Å². The summed E-state index contributed by atoms with van der Waals surface area (Å²) in [7, 11) is -4.75. The van der Waals surface area contributed by atoms with E-state index < -0.39 is 28.5 Å². The van der Waals surface area contributed by atoms with E-state index >= 15 is 0 Å². The highest BCUT2D eigenvalue weighted by molar-refractivity contribution is 7.80. The van der Waals surface area contributed by atoms with Gasteiger partial charge in [-0.3, -0.25) is 4.55 Å². The normalized spacial score (nSPS) is 30.4. The van der Waals surface area contributed by atoms with Gasteiger partial charge in [0.05, 0.1) is 12.0 Å². The number of amides is 2. The van der Waals surface area contributed by atoms with Crippen LogP contribution in [0.3, 0.4) is 0 Å². The Hall–Kier alpha value is -1.76. The fourth-order valence-corrected chi connectivity index (χ4v) is 3.89. The van der Waals surface area contributed by atoms with Crippen LogP contribution in [0.25, 0.3) is 0 Å². The first-order valence-electron chi connectivity index (χ1n) is 7.73. The highest BCUT2D eigenvalue weighted by Gasteiger charge is 2.49. The van der Waals surface area contributed by atoms with Gasteiger partial charge in [0.2, 0.25) is 11.8 Å². The number of carbonyl (C=O) groups is 1. The van der Waals surface area contributed by atoms with Crippen LogP contribution in [0.4, 0.5) is 4.79 Å². The minimum Gasteiger partial charge on any atom is -0.423 e. The van der Waals surface area contributed by atoms with Gasteiger partial charge >= 0.3 is 16.4 Å². The molecule has 3 aliphatic heterocycles. The van der Waals surface area contributed by atoms with Gasteiger partial charge in [-0.05, 0) is 25.8 Å².